The fraction of sp³-hybridized carbons (Fsp3) is 0.750. The molecule has 0 amide bonds. The highest BCUT2D eigenvalue weighted by Gasteiger charge is 2.33. The fourth-order valence-electron chi connectivity index (χ4n) is 1.40. The number of nitrogens with two attached hydrogens (primary N) is 1. The first-order chi connectivity index (χ1) is 5.19. The van der Waals surface area contributed by atoms with Crippen LogP contribution in [0.2, 0.25) is 6.55 Å². The molecule has 1 heterocycles. The quantitative estimate of drug-likeness (QED) is 0.628. The SMILES string of the molecule is C=C[SiH](C)C1(N)CCCCO1. The molecule has 64 valence electrons. The van der Waals surface area contributed by atoms with Crippen molar-refractivity contribution in [1.82, 2.24) is 0 Å². The molecule has 2 nitrogen and oxygen atoms in total. The van der Waals surface area contributed by atoms with Gasteiger partial charge < -0.3 is 10.5 Å². The standard InChI is InChI=1S/C8H17NOSi/c1-3-11(2)8(9)6-4-5-7-10-8/h3,11H,1,4-7,9H2,2H3. The predicted molar refractivity (Wildman–Crippen MR) is 49.9 cm³/mol. The molecular formula is C8H17NOSi. The summed E-state index contributed by atoms with van der Waals surface area (Å²) in [4.78, 5) is 0. The molecule has 1 saturated heterocycles. The van der Waals surface area contributed by atoms with Crippen molar-refractivity contribution in [3.8, 4) is 0 Å². The molecule has 2 unspecified atom stereocenters. The highest BCUT2D eigenvalue weighted by atomic mass is 28.3. The Balaban J connectivity index is 2.55. The first-order valence-electron chi connectivity index (χ1n) is 4.24. The van der Waals surface area contributed by atoms with Crippen molar-refractivity contribution < 1.29 is 4.74 Å². The molecule has 11 heavy (non-hydrogen) atoms. The number of ether oxygens (including phenoxy) is 1. The van der Waals surface area contributed by atoms with E-state index in [-0.39, 0.29) is 5.35 Å². The van der Waals surface area contributed by atoms with Gasteiger partial charge in [-0.3, -0.25) is 0 Å². The average molecular weight is 171 g/mol. The Kier molecular flexibility index (Phi) is 2.87. The predicted octanol–water partition coefficient (Wildman–Crippen LogP) is 0.963. The molecule has 1 fully saturated rings. The van der Waals surface area contributed by atoms with E-state index in [0.717, 1.165) is 19.4 Å². The van der Waals surface area contributed by atoms with Crippen molar-refractivity contribution in [2.45, 2.75) is 31.2 Å². The van der Waals surface area contributed by atoms with E-state index >= 15 is 0 Å². The van der Waals surface area contributed by atoms with E-state index in [4.69, 9.17) is 10.5 Å². The second-order valence-electron chi connectivity index (χ2n) is 3.28. The lowest BCUT2D eigenvalue weighted by atomic mass is 10.2. The summed E-state index contributed by atoms with van der Waals surface area (Å²) in [5.74, 6) is 0. The minimum Gasteiger partial charge on any atom is -0.364 e. The van der Waals surface area contributed by atoms with Gasteiger partial charge in [0.2, 0.25) is 0 Å². The van der Waals surface area contributed by atoms with E-state index in [9.17, 15) is 0 Å². The molecule has 1 rings (SSSR count). The highest BCUT2D eigenvalue weighted by molar-refractivity contribution is 6.65. The van der Waals surface area contributed by atoms with E-state index in [1.54, 1.807) is 0 Å². The summed E-state index contributed by atoms with van der Waals surface area (Å²) in [6, 6.07) is 0. The van der Waals surface area contributed by atoms with Gasteiger partial charge in [0.25, 0.3) is 0 Å². The summed E-state index contributed by atoms with van der Waals surface area (Å²) >= 11 is 0. The van der Waals surface area contributed by atoms with Crippen molar-refractivity contribution in [1.29, 1.82) is 0 Å². The average Bonchev–Trinajstić information content (AvgIpc) is 2.04. The maximum absolute atomic E-state index is 6.08. The Morgan fingerprint density at radius 2 is 2.36 bits per heavy atom. The molecule has 1 aliphatic rings. The highest BCUT2D eigenvalue weighted by Crippen LogP contribution is 2.22. The zero-order chi connectivity index (χ0) is 8.32. The van der Waals surface area contributed by atoms with Gasteiger partial charge in [-0.25, -0.2) is 0 Å². The lowest BCUT2D eigenvalue weighted by Crippen LogP contribution is -2.55. The number of rotatable bonds is 2. The van der Waals surface area contributed by atoms with Crippen LogP contribution in [0.1, 0.15) is 19.3 Å². The number of hydrogen-bond donors (Lipinski definition) is 1. The van der Waals surface area contributed by atoms with Crippen LogP contribution < -0.4 is 5.73 Å². The number of hydrogen-bond acceptors (Lipinski definition) is 2. The van der Waals surface area contributed by atoms with Crippen LogP contribution in [0.3, 0.4) is 0 Å². The Bertz CT molecular complexity index is 143. The topological polar surface area (TPSA) is 35.2 Å². The summed E-state index contributed by atoms with van der Waals surface area (Å²) in [6.07, 6.45) is 3.39. The van der Waals surface area contributed by atoms with Gasteiger partial charge in [0, 0.05) is 6.61 Å². The molecular weight excluding hydrogens is 154 g/mol. The Morgan fingerprint density at radius 3 is 2.82 bits per heavy atom. The summed E-state index contributed by atoms with van der Waals surface area (Å²) < 4.78 is 5.59. The molecule has 0 aromatic heterocycles. The maximum atomic E-state index is 6.08. The minimum absolute atomic E-state index is 0.292. The summed E-state index contributed by atoms with van der Waals surface area (Å²) in [5, 5.41) is -0.292. The third-order valence-electron chi connectivity index (χ3n) is 2.46. The zero-order valence-corrected chi connectivity index (χ0v) is 8.33. The van der Waals surface area contributed by atoms with E-state index in [0.29, 0.717) is 0 Å². The summed E-state index contributed by atoms with van der Waals surface area (Å²) in [5.41, 5.74) is 8.09. The van der Waals surface area contributed by atoms with Gasteiger partial charge in [-0.05, 0) is 19.3 Å². The van der Waals surface area contributed by atoms with Gasteiger partial charge in [-0.1, -0.05) is 6.55 Å². The normalized spacial score (nSPS) is 34.7. The van der Waals surface area contributed by atoms with Crippen molar-refractivity contribution in [2.75, 3.05) is 6.61 Å². The molecule has 2 N–H and O–H groups in total. The smallest absolute Gasteiger partial charge is 0.113 e. The van der Waals surface area contributed by atoms with E-state index < -0.39 is 8.80 Å². The Morgan fingerprint density at radius 1 is 1.64 bits per heavy atom. The molecule has 0 aromatic rings. The van der Waals surface area contributed by atoms with Crippen LogP contribution in [0.5, 0.6) is 0 Å². The van der Waals surface area contributed by atoms with Crippen molar-refractivity contribution >= 4 is 8.80 Å². The van der Waals surface area contributed by atoms with Gasteiger partial charge in [-0.2, -0.15) is 0 Å². The van der Waals surface area contributed by atoms with Gasteiger partial charge in [0.05, 0.1) is 0 Å². The third-order valence-corrected chi connectivity index (χ3v) is 5.16. The van der Waals surface area contributed by atoms with Crippen LogP contribution in [-0.2, 0) is 4.74 Å². The molecule has 0 aliphatic carbocycles. The molecule has 0 radical (unpaired) electrons. The van der Waals surface area contributed by atoms with Gasteiger partial charge in [-0.15, -0.1) is 12.3 Å². The van der Waals surface area contributed by atoms with Crippen molar-refractivity contribution in [3.63, 3.8) is 0 Å². The summed E-state index contributed by atoms with van der Waals surface area (Å²) in [6.45, 7) is 6.81. The first-order valence-corrected chi connectivity index (χ1v) is 6.64. The van der Waals surface area contributed by atoms with Gasteiger partial charge in [0.15, 0.2) is 0 Å². The monoisotopic (exact) mass is 171 g/mol. The van der Waals surface area contributed by atoms with Gasteiger partial charge in [0.1, 0.15) is 14.1 Å². The molecule has 2 atom stereocenters. The second-order valence-corrected chi connectivity index (χ2v) is 6.31. The molecule has 0 aromatic carbocycles. The third kappa shape index (κ3) is 1.92. The Labute approximate surface area is 70.0 Å². The van der Waals surface area contributed by atoms with Crippen LogP contribution in [0.15, 0.2) is 12.3 Å². The lowest BCUT2D eigenvalue weighted by Gasteiger charge is -2.36. The second kappa shape index (κ2) is 3.52. The maximum Gasteiger partial charge on any atom is 0.113 e. The van der Waals surface area contributed by atoms with E-state index in [1.807, 2.05) is 5.70 Å². The van der Waals surface area contributed by atoms with Crippen molar-refractivity contribution in [2.24, 2.45) is 5.73 Å². The van der Waals surface area contributed by atoms with E-state index in [1.165, 1.54) is 6.42 Å². The molecule has 0 saturated carbocycles. The summed E-state index contributed by atoms with van der Waals surface area (Å²) in [7, 11) is -1.06. The lowest BCUT2D eigenvalue weighted by molar-refractivity contribution is -0.0175. The van der Waals surface area contributed by atoms with Crippen LogP contribution >= 0.6 is 0 Å². The molecule has 0 spiro atoms. The van der Waals surface area contributed by atoms with Crippen LogP contribution in [0, 0.1) is 0 Å². The van der Waals surface area contributed by atoms with Crippen LogP contribution in [0.25, 0.3) is 0 Å². The van der Waals surface area contributed by atoms with Crippen molar-refractivity contribution in [3.05, 3.63) is 12.3 Å². The Hall–Kier alpha value is -0.123. The minimum atomic E-state index is -1.06. The first kappa shape index (κ1) is 8.97. The molecule has 0 bridgehead atoms. The largest absolute Gasteiger partial charge is 0.364 e. The van der Waals surface area contributed by atoms with Crippen LogP contribution in [-0.4, -0.2) is 20.8 Å². The van der Waals surface area contributed by atoms with Gasteiger partial charge >= 0.3 is 0 Å². The molecule has 1 aliphatic heterocycles. The van der Waals surface area contributed by atoms with E-state index in [2.05, 4.69) is 13.1 Å². The molecule has 3 heteroatoms. The van der Waals surface area contributed by atoms with Crippen LogP contribution in [0.4, 0.5) is 0 Å². The fourth-order valence-corrected chi connectivity index (χ4v) is 2.84. The zero-order valence-electron chi connectivity index (χ0n) is 7.18.